The molecule has 1 fully saturated rings. The van der Waals surface area contributed by atoms with E-state index in [1.165, 1.54) is 10.9 Å². The number of nitrogens with one attached hydrogen (secondary N) is 2. The molecule has 0 saturated carbocycles. The highest BCUT2D eigenvalue weighted by Gasteiger charge is 2.29. The largest absolute Gasteiger partial charge is 0.415 e. The fraction of sp³-hybridized carbons (Fsp3) is 0.273. The lowest BCUT2D eigenvalue weighted by Crippen LogP contribution is -2.48. The zero-order valence-corrected chi connectivity index (χ0v) is 16.8. The molecule has 1 aliphatic heterocycles. The Labute approximate surface area is 173 Å². The van der Waals surface area contributed by atoms with Gasteiger partial charge in [-0.25, -0.2) is 4.79 Å². The second-order valence-corrected chi connectivity index (χ2v) is 8.20. The molecule has 1 aliphatic rings. The highest BCUT2D eigenvalue weighted by molar-refractivity contribution is 8.00. The predicted octanol–water partition coefficient (Wildman–Crippen LogP) is 3.44. The minimum atomic E-state index is -0.409. The quantitative estimate of drug-likeness (QED) is 0.677. The molecule has 0 spiro atoms. The van der Waals surface area contributed by atoms with Crippen molar-refractivity contribution in [3.8, 4) is 5.75 Å². The van der Waals surface area contributed by atoms with Crippen molar-refractivity contribution in [2.75, 3.05) is 25.4 Å². The number of thioether (sulfide) groups is 1. The van der Waals surface area contributed by atoms with Gasteiger partial charge in [-0.1, -0.05) is 36.4 Å². The molecule has 1 unspecified atom stereocenters. The molecule has 29 heavy (non-hydrogen) atoms. The molecule has 1 aromatic heterocycles. The molecule has 1 saturated heterocycles. The van der Waals surface area contributed by atoms with Gasteiger partial charge in [-0.2, -0.15) is 0 Å². The van der Waals surface area contributed by atoms with Gasteiger partial charge in [0.15, 0.2) is 0 Å². The first-order valence-electron chi connectivity index (χ1n) is 9.67. The van der Waals surface area contributed by atoms with Crippen molar-refractivity contribution in [3.63, 3.8) is 0 Å². The van der Waals surface area contributed by atoms with Crippen LogP contribution in [0.1, 0.15) is 5.56 Å². The summed E-state index contributed by atoms with van der Waals surface area (Å²) in [4.78, 5) is 29.8. The first-order chi connectivity index (χ1) is 14.2. The smallest absolute Gasteiger partial charge is 0.410 e. The Morgan fingerprint density at radius 1 is 1.14 bits per heavy atom. The van der Waals surface area contributed by atoms with Gasteiger partial charge in [-0.05, 0) is 30.2 Å². The molecule has 0 radical (unpaired) electrons. The van der Waals surface area contributed by atoms with Crippen molar-refractivity contribution >= 4 is 34.7 Å². The average molecular weight is 410 g/mol. The zero-order chi connectivity index (χ0) is 20.1. The van der Waals surface area contributed by atoms with Crippen LogP contribution in [0, 0.1) is 0 Å². The van der Waals surface area contributed by atoms with Gasteiger partial charge >= 0.3 is 6.09 Å². The number of ether oxygens (including phenoxy) is 1. The summed E-state index contributed by atoms with van der Waals surface area (Å²) in [5.41, 5.74) is 2.29. The molecule has 150 valence electrons. The third-order valence-corrected chi connectivity index (χ3v) is 6.12. The van der Waals surface area contributed by atoms with Crippen LogP contribution >= 0.6 is 11.8 Å². The second kappa shape index (κ2) is 9.05. The van der Waals surface area contributed by atoms with Crippen molar-refractivity contribution in [3.05, 3.63) is 66.4 Å². The second-order valence-electron chi connectivity index (χ2n) is 6.89. The SMILES string of the molecule is O=C(NCCc1c[nH]c2ccccc12)C1CN(C(=O)Oc2ccccc2)CCS1. The van der Waals surface area contributed by atoms with Crippen LogP contribution in [0.3, 0.4) is 0 Å². The summed E-state index contributed by atoms with van der Waals surface area (Å²) in [6, 6.07) is 17.1. The average Bonchev–Trinajstić information content (AvgIpc) is 3.18. The number of amides is 2. The van der Waals surface area contributed by atoms with Crippen LogP contribution in [0.2, 0.25) is 0 Å². The van der Waals surface area contributed by atoms with Crippen molar-refractivity contribution < 1.29 is 14.3 Å². The Balaban J connectivity index is 1.27. The summed E-state index contributed by atoms with van der Waals surface area (Å²) < 4.78 is 5.40. The van der Waals surface area contributed by atoms with E-state index < -0.39 is 6.09 Å². The predicted molar refractivity (Wildman–Crippen MR) is 115 cm³/mol. The summed E-state index contributed by atoms with van der Waals surface area (Å²) in [6.45, 7) is 1.50. The number of hydrogen-bond donors (Lipinski definition) is 2. The molecule has 2 amide bonds. The normalized spacial score (nSPS) is 16.6. The standard InChI is InChI=1S/C22H23N3O3S/c26-21(23-11-10-16-14-24-19-9-5-4-8-18(16)19)20-15-25(12-13-29-20)22(27)28-17-6-2-1-3-7-17/h1-9,14,20,24H,10-13,15H2,(H,23,26). The van der Waals surface area contributed by atoms with Gasteiger partial charge < -0.3 is 19.9 Å². The minimum Gasteiger partial charge on any atom is -0.410 e. The number of aromatic amines is 1. The summed E-state index contributed by atoms with van der Waals surface area (Å²) >= 11 is 1.58. The molecule has 0 aliphatic carbocycles. The monoisotopic (exact) mass is 409 g/mol. The van der Waals surface area contributed by atoms with Crippen molar-refractivity contribution in [2.45, 2.75) is 11.7 Å². The first-order valence-corrected chi connectivity index (χ1v) is 10.7. The number of hydrogen-bond acceptors (Lipinski definition) is 4. The van der Waals surface area contributed by atoms with Gasteiger partial charge in [0.2, 0.25) is 5.91 Å². The first kappa shape index (κ1) is 19.4. The number of fused-ring (bicyclic) bond motifs is 1. The van der Waals surface area contributed by atoms with Gasteiger partial charge in [-0.15, -0.1) is 11.8 Å². The Morgan fingerprint density at radius 2 is 1.93 bits per heavy atom. The molecule has 2 heterocycles. The van der Waals surface area contributed by atoms with Gasteiger partial charge in [-0.3, -0.25) is 4.79 Å². The fourth-order valence-electron chi connectivity index (χ4n) is 3.40. The lowest BCUT2D eigenvalue weighted by molar-refractivity contribution is -0.120. The Kier molecular flexibility index (Phi) is 6.05. The summed E-state index contributed by atoms with van der Waals surface area (Å²) in [7, 11) is 0. The lowest BCUT2D eigenvalue weighted by atomic mass is 10.1. The Bertz CT molecular complexity index is 989. The molecule has 2 aromatic carbocycles. The van der Waals surface area contributed by atoms with Crippen LogP contribution in [0.25, 0.3) is 10.9 Å². The van der Waals surface area contributed by atoms with E-state index >= 15 is 0 Å². The van der Waals surface area contributed by atoms with E-state index in [9.17, 15) is 9.59 Å². The maximum Gasteiger partial charge on any atom is 0.415 e. The zero-order valence-electron chi connectivity index (χ0n) is 16.0. The molecule has 0 bridgehead atoms. The number of para-hydroxylation sites is 2. The van der Waals surface area contributed by atoms with E-state index in [0.717, 1.165) is 11.9 Å². The lowest BCUT2D eigenvalue weighted by Gasteiger charge is -2.30. The molecule has 3 aromatic rings. The van der Waals surface area contributed by atoms with Crippen LogP contribution < -0.4 is 10.1 Å². The van der Waals surface area contributed by atoms with Crippen LogP contribution in [0.4, 0.5) is 4.79 Å². The highest BCUT2D eigenvalue weighted by atomic mass is 32.2. The number of H-pyrrole nitrogens is 1. The van der Waals surface area contributed by atoms with Crippen molar-refractivity contribution in [2.24, 2.45) is 0 Å². The van der Waals surface area contributed by atoms with Gasteiger partial charge in [0.1, 0.15) is 11.0 Å². The van der Waals surface area contributed by atoms with Gasteiger partial charge in [0, 0.05) is 42.5 Å². The van der Waals surface area contributed by atoms with E-state index in [-0.39, 0.29) is 11.2 Å². The molecular formula is C22H23N3O3S. The third-order valence-electron chi connectivity index (χ3n) is 4.93. The molecule has 7 heteroatoms. The van der Waals surface area contributed by atoms with E-state index in [2.05, 4.69) is 16.4 Å². The number of aromatic nitrogens is 1. The van der Waals surface area contributed by atoms with Crippen molar-refractivity contribution in [1.29, 1.82) is 0 Å². The number of rotatable bonds is 5. The van der Waals surface area contributed by atoms with E-state index in [1.54, 1.807) is 28.8 Å². The summed E-state index contributed by atoms with van der Waals surface area (Å²) in [5, 5.41) is 3.91. The molecule has 2 N–H and O–H groups in total. The summed E-state index contributed by atoms with van der Waals surface area (Å²) in [5.74, 6) is 1.19. The van der Waals surface area contributed by atoms with Crippen LogP contribution in [-0.2, 0) is 11.2 Å². The minimum absolute atomic E-state index is 0.0351. The third kappa shape index (κ3) is 4.74. The number of carbonyl (C=O) groups is 2. The number of benzene rings is 2. The van der Waals surface area contributed by atoms with Gasteiger partial charge in [0.25, 0.3) is 0 Å². The highest BCUT2D eigenvalue weighted by Crippen LogP contribution is 2.21. The Morgan fingerprint density at radius 3 is 2.79 bits per heavy atom. The Hall–Kier alpha value is -2.93. The molecule has 1 atom stereocenters. The molecule has 6 nitrogen and oxygen atoms in total. The molecule has 4 rings (SSSR count). The topological polar surface area (TPSA) is 74.4 Å². The van der Waals surface area contributed by atoms with E-state index in [0.29, 0.717) is 31.1 Å². The number of carbonyl (C=O) groups excluding carboxylic acids is 2. The summed E-state index contributed by atoms with van der Waals surface area (Å²) in [6.07, 6.45) is 2.34. The van der Waals surface area contributed by atoms with Crippen LogP contribution in [0.5, 0.6) is 5.75 Å². The number of nitrogens with zero attached hydrogens (tertiary/aromatic N) is 1. The maximum atomic E-state index is 12.6. The maximum absolute atomic E-state index is 12.6. The van der Waals surface area contributed by atoms with E-state index in [4.69, 9.17) is 4.74 Å². The van der Waals surface area contributed by atoms with Gasteiger partial charge in [0.05, 0.1) is 0 Å². The molecular weight excluding hydrogens is 386 g/mol. The fourth-order valence-corrected chi connectivity index (χ4v) is 4.53. The van der Waals surface area contributed by atoms with Crippen LogP contribution in [0.15, 0.2) is 60.8 Å². The van der Waals surface area contributed by atoms with Crippen LogP contribution in [-0.4, -0.2) is 52.5 Å². The van der Waals surface area contributed by atoms with E-state index in [1.807, 2.05) is 42.6 Å². The van der Waals surface area contributed by atoms with Crippen molar-refractivity contribution in [1.82, 2.24) is 15.2 Å².